The molecule has 0 fully saturated rings. The molecule has 2 aromatic rings. The fraction of sp³-hybridized carbons (Fsp3) is 0.417. The maximum atomic E-state index is 10.0. The van der Waals surface area contributed by atoms with Gasteiger partial charge < -0.3 is 15.2 Å². The van der Waals surface area contributed by atoms with Gasteiger partial charge in [-0.1, -0.05) is 56.0 Å². The standard InChI is InChI=1S/C24H31NO2/c1-3-4-5-6-10-13-24(25-22-14-16-23(27-2)17-15-22)21(19-26)18-20-11-8-7-9-12-20/h7-9,11-12,14-17,21,24-26H,3-6,18-19H2,1-2H3/t21-,24+/m0/s1. The molecule has 0 saturated carbocycles. The van der Waals surface area contributed by atoms with Crippen LogP contribution in [-0.2, 0) is 6.42 Å². The molecule has 0 spiro atoms. The molecule has 2 atom stereocenters. The topological polar surface area (TPSA) is 41.5 Å². The van der Waals surface area contributed by atoms with E-state index in [2.05, 4.69) is 36.2 Å². The second-order valence-corrected chi connectivity index (χ2v) is 6.76. The molecule has 0 bridgehead atoms. The van der Waals surface area contributed by atoms with Crippen LogP contribution in [0.15, 0.2) is 54.6 Å². The van der Waals surface area contributed by atoms with Crippen LogP contribution >= 0.6 is 0 Å². The number of aliphatic hydroxyl groups is 1. The molecule has 0 unspecified atom stereocenters. The van der Waals surface area contributed by atoms with Gasteiger partial charge in [0.25, 0.3) is 0 Å². The van der Waals surface area contributed by atoms with Gasteiger partial charge in [0.2, 0.25) is 0 Å². The number of anilines is 1. The predicted octanol–water partition coefficient (Wildman–Crippen LogP) is 4.91. The molecule has 144 valence electrons. The van der Waals surface area contributed by atoms with Crippen LogP contribution in [0, 0.1) is 17.8 Å². The third kappa shape index (κ3) is 7.37. The zero-order valence-corrected chi connectivity index (χ0v) is 16.4. The molecule has 0 aliphatic rings. The Balaban J connectivity index is 2.12. The summed E-state index contributed by atoms with van der Waals surface area (Å²) < 4.78 is 5.23. The van der Waals surface area contributed by atoms with E-state index >= 15 is 0 Å². The van der Waals surface area contributed by atoms with E-state index in [1.807, 2.05) is 42.5 Å². The van der Waals surface area contributed by atoms with Crippen molar-refractivity contribution >= 4 is 5.69 Å². The Bertz CT molecular complexity index is 701. The summed E-state index contributed by atoms with van der Waals surface area (Å²) in [4.78, 5) is 0. The number of ether oxygens (including phenoxy) is 1. The first-order valence-corrected chi connectivity index (χ1v) is 9.80. The fourth-order valence-electron chi connectivity index (χ4n) is 2.99. The van der Waals surface area contributed by atoms with Crippen molar-refractivity contribution in [2.45, 2.75) is 45.1 Å². The lowest BCUT2D eigenvalue weighted by Crippen LogP contribution is -2.32. The van der Waals surface area contributed by atoms with E-state index in [0.717, 1.165) is 30.7 Å². The zero-order chi connectivity index (χ0) is 19.3. The van der Waals surface area contributed by atoms with Crippen molar-refractivity contribution in [1.82, 2.24) is 0 Å². The van der Waals surface area contributed by atoms with Gasteiger partial charge in [0.1, 0.15) is 5.75 Å². The Morgan fingerprint density at radius 3 is 2.41 bits per heavy atom. The Hall–Kier alpha value is -2.44. The number of methoxy groups -OCH3 is 1. The molecule has 0 radical (unpaired) electrons. The zero-order valence-electron chi connectivity index (χ0n) is 16.4. The van der Waals surface area contributed by atoms with Crippen LogP contribution in [0.2, 0.25) is 0 Å². The lowest BCUT2D eigenvalue weighted by Gasteiger charge is -2.24. The van der Waals surface area contributed by atoms with Crippen molar-refractivity contribution in [2.75, 3.05) is 19.0 Å². The molecule has 0 aromatic heterocycles. The maximum Gasteiger partial charge on any atom is 0.119 e. The lowest BCUT2D eigenvalue weighted by atomic mass is 9.92. The van der Waals surface area contributed by atoms with Crippen molar-refractivity contribution in [3.63, 3.8) is 0 Å². The van der Waals surface area contributed by atoms with E-state index < -0.39 is 0 Å². The minimum absolute atomic E-state index is 0.0215. The molecule has 3 heteroatoms. The number of rotatable bonds is 10. The molecule has 2 rings (SSSR count). The molecule has 27 heavy (non-hydrogen) atoms. The molecular formula is C24H31NO2. The van der Waals surface area contributed by atoms with E-state index in [1.165, 1.54) is 18.4 Å². The Kier molecular flexibility index (Phi) is 9.30. The largest absolute Gasteiger partial charge is 0.497 e. The molecule has 0 aliphatic carbocycles. The second kappa shape index (κ2) is 12.0. The van der Waals surface area contributed by atoms with Gasteiger partial charge in [-0.15, -0.1) is 5.92 Å². The first-order chi connectivity index (χ1) is 13.3. The minimum Gasteiger partial charge on any atom is -0.497 e. The Morgan fingerprint density at radius 2 is 1.78 bits per heavy atom. The van der Waals surface area contributed by atoms with E-state index in [0.29, 0.717) is 0 Å². The third-order valence-electron chi connectivity index (χ3n) is 4.62. The predicted molar refractivity (Wildman–Crippen MR) is 113 cm³/mol. The normalized spacial score (nSPS) is 12.6. The first kappa shape index (κ1) is 20.9. The minimum atomic E-state index is -0.106. The van der Waals surface area contributed by atoms with Gasteiger partial charge in [-0.3, -0.25) is 0 Å². The van der Waals surface area contributed by atoms with Crippen LogP contribution in [0.1, 0.15) is 38.2 Å². The van der Waals surface area contributed by atoms with E-state index in [9.17, 15) is 5.11 Å². The second-order valence-electron chi connectivity index (χ2n) is 6.76. The molecule has 0 aliphatic heterocycles. The van der Waals surface area contributed by atoms with Crippen molar-refractivity contribution in [3.8, 4) is 17.6 Å². The van der Waals surface area contributed by atoms with Gasteiger partial charge in [-0.2, -0.15) is 0 Å². The number of aliphatic hydroxyl groups excluding tert-OH is 1. The highest BCUT2D eigenvalue weighted by Gasteiger charge is 2.19. The average molecular weight is 366 g/mol. The fourth-order valence-corrected chi connectivity index (χ4v) is 2.99. The molecule has 2 N–H and O–H groups in total. The smallest absolute Gasteiger partial charge is 0.119 e. The SMILES string of the molecule is CCCCCC#C[C@@H](Nc1ccc(OC)cc1)[C@H](CO)Cc1ccccc1. The molecule has 0 heterocycles. The highest BCUT2D eigenvalue weighted by molar-refractivity contribution is 5.48. The number of hydrogen-bond acceptors (Lipinski definition) is 3. The van der Waals surface area contributed by atoms with Gasteiger partial charge in [0.15, 0.2) is 0 Å². The summed E-state index contributed by atoms with van der Waals surface area (Å²) in [6.45, 7) is 2.29. The maximum absolute atomic E-state index is 10.0. The Morgan fingerprint density at radius 1 is 1.04 bits per heavy atom. The summed E-state index contributed by atoms with van der Waals surface area (Å²) in [6.07, 6.45) is 5.22. The van der Waals surface area contributed by atoms with Gasteiger partial charge in [0.05, 0.1) is 13.2 Å². The van der Waals surface area contributed by atoms with Crippen LogP contribution in [0.3, 0.4) is 0 Å². The highest BCUT2D eigenvalue weighted by atomic mass is 16.5. The van der Waals surface area contributed by atoms with E-state index in [4.69, 9.17) is 4.74 Å². The van der Waals surface area contributed by atoms with Gasteiger partial charge in [-0.05, 0) is 42.7 Å². The van der Waals surface area contributed by atoms with Crippen LogP contribution in [-0.4, -0.2) is 24.9 Å². The summed E-state index contributed by atoms with van der Waals surface area (Å²) in [7, 11) is 1.66. The van der Waals surface area contributed by atoms with Gasteiger partial charge in [-0.25, -0.2) is 0 Å². The molecular weight excluding hydrogens is 334 g/mol. The van der Waals surface area contributed by atoms with Crippen molar-refractivity contribution in [3.05, 3.63) is 60.2 Å². The monoisotopic (exact) mass is 365 g/mol. The van der Waals surface area contributed by atoms with Crippen LogP contribution in [0.5, 0.6) is 5.75 Å². The first-order valence-electron chi connectivity index (χ1n) is 9.80. The number of nitrogens with one attached hydrogen (secondary N) is 1. The van der Waals surface area contributed by atoms with E-state index in [-0.39, 0.29) is 18.6 Å². The van der Waals surface area contributed by atoms with Crippen LogP contribution in [0.4, 0.5) is 5.69 Å². The lowest BCUT2D eigenvalue weighted by molar-refractivity contribution is 0.221. The molecule has 2 aromatic carbocycles. The molecule has 3 nitrogen and oxygen atoms in total. The van der Waals surface area contributed by atoms with E-state index in [1.54, 1.807) is 7.11 Å². The number of unbranched alkanes of at least 4 members (excludes halogenated alkanes) is 3. The summed E-state index contributed by atoms with van der Waals surface area (Å²) >= 11 is 0. The summed E-state index contributed by atoms with van der Waals surface area (Å²) in [5, 5.41) is 13.5. The quantitative estimate of drug-likeness (QED) is 0.464. The van der Waals surface area contributed by atoms with Gasteiger partial charge >= 0.3 is 0 Å². The van der Waals surface area contributed by atoms with Gasteiger partial charge in [0, 0.05) is 24.6 Å². The average Bonchev–Trinajstić information content (AvgIpc) is 2.72. The van der Waals surface area contributed by atoms with Crippen molar-refractivity contribution in [1.29, 1.82) is 0 Å². The molecule has 0 amide bonds. The summed E-state index contributed by atoms with van der Waals surface area (Å²) in [5.74, 6) is 7.54. The van der Waals surface area contributed by atoms with Crippen molar-refractivity contribution < 1.29 is 9.84 Å². The summed E-state index contributed by atoms with van der Waals surface area (Å²) in [6, 6.07) is 18.0. The highest BCUT2D eigenvalue weighted by Crippen LogP contribution is 2.20. The van der Waals surface area contributed by atoms with Crippen LogP contribution in [0.25, 0.3) is 0 Å². The Labute approximate surface area is 163 Å². The number of benzene rings is 2. The third-order valence-corrected chi connectivity index (χ3v) is 4.62. The number of hydrogen-bond donors (Lipinski definition) is 2. The molecule has 0 saturated heterocycles. The summed E-state index contributed by atoms with van der Waals surface area (Å²) in [5.41, 5.74) is 2.20. The van der Waals surface area contributed by atoms with Crippen LogP contribution < -0.4 is 10.1 Å². The van der Waals surface area contributed by atoms with Crippen molar-refractivity contribution in [2.24, 2.45) is 5.92 Å².